The molecule has 2 aromatic rings. The van der Waals surface area contributed by atoms with Crippen LogP contribution in [0.5, 0.6) is 5.75 Å². The van der Waals surface area contributed by atoms with Crippen molar-refractivity contribution in [3.8, 4) is 5.75 Å². The Morgan fingerprint density at radius 1 is 1.15 bits per heavy atom. The summed E-state index contributed by atoms with van der Waals surface area (Å²) in [6, 6.07) is 13.5. The van der Waals surface area contributed by atoms with Crippen LogP contribution in [0, 0.1) is 0 Å². The molecule has 1 aliphatic rings. The lowest BCUT2D eigenvalue weighted by atomic mass is 9.95. The van der Waals surface area contributed by atoms with Gasteiger partial charge < -0.3 is 9.26 Å². The molecule has 7 nitrogen and oxygen atoms in total. The summed E-state index contributed by atoms with van der Waals surface area (Å²) in [6.07, 6.45) is 0.325. The van der Waals surface area contributed by atoms with Crippen molar-refractivity contribution in [2.75, 3.05) is 14.2 Å². The molecule has 0 fully saturated rings. The van der Waals surface area contributed by atoms with Crippen LogP contribution in [0.4, 0.5) is 0 Å². The van der Waals surface area contributed by atoms with Gasteiger partial charge in [0.25, 0.3) is 5.91 Å². The number of hydrogen-bond acceptors (Lipinski definition) is 5. The number of amides is 1. The maximum atomic E-state index is 13.8. The third-order valence-corrected chi connectivity index (χ3v) is 7.16. The van der Waals surface area contributed by atoms with Gasteiger partial charge in [-0.3, -0.25) is 14.6 Å². The summed E-state index contributed by atoms with van der Waals surface area (Å²) in [7, 11) is -0.621. The van der Waals surface area contributed by atoms with Crippen LogP contribution < -0.4 is 15.5 Å². The molecule has 1 unspecified atom stereocenters. The molecule has 2 aromatic carbocycles. The van der Waals surface area contributed by atoms with Gasteiger partial charge in [0.2, 0.25) is 0 Å². The number of fused-ring (bicyclic) bond motifs is 1. The standard InChI is InChI=1S/C18H21N2O5P/c1-24-15-7-9-16(10-8-15)26(23,25-2)20-12-14-6-4-3-5-13(14)11-17(20)18(21)19-22/h3-10,17,22H,11-12H2,1-2H3,(H,19,21)/t17-,26?/m1/s1. The molecule has 0 bridgehead atoms. The number of nitrogens with zero attached hydrogens (tertiary/aromatic N) is 1. The maximum Gasteiger partial charge on any atom is 0.303 e. The Hall–Kier alpha value is -2.18. The van der Waals surface area contributed by atoms with Gasteiger partial charge >= 0.3 is 7.52 Å². The second-order valence-electron chi connectivity index (χ2n) is 5.96. The SMILES string of the molecule is COc1ccc(P(=O)(OC)N2Cc3ccccc3C[C@@H]2C(=O)NO)cc1. The second-order valence-corrected chi connectivity index (χ2v) is 8.40. The Morgan fingerprint density at radius 3 is 2.38 bits per heavy atom. The van der Waals surface area contributed by atoms with E-state index in [2.05, 4.69) is 0 Å². The molecule has 0 saturated heterocycles. The van der Waals surface area contributed by atoms with Gasteiger partial charge in [-0.25, -0.2) is 10.2 Å². The molecular weight excluding hydrogens is 355 g/mol. The van der Waals surface area contributed by atoms with Crippen LogP contribution in [-0.2, 0) is 26.8 Å². The Morgan fingerprint density at radius 2 is 1.81 bits per heavy atom. The number of methoxy groups -OCH3 is 1. The predicted octanol–water partition coefficient (Wildman–Crippen LogP) is 2.09. The molecular formula is C18H21N2O5P. The van der Waals surface area contributed by atoms with Gasteiger partial charge in [-0.1, -0.05) is 24.3 Å². The van der Waals surface area contributed by atoms with Crippen molar-refractivity contribution in [1.82, 2.24) is 10.2 Å². The van der Waals surface area contributed by atoms with E-state index < -0.39 is 19.5 Å². The second kappa shape index (κ2) is 7.60. The molecule has 0 radical (unpaired) electrons. The van der Waals surface area contributed by atoms with Crippen LogP contribution in [0.2, 0.25) is 0 Å². The van der Waals surface area contributed by atoms with Crippen LogP contribution in [0.1, 0.15) is 11.1 Å². The van der Waals surface area contributed by atoms with Gasteiger partial charge in [0, 0.05) is 13.7 Å². The molecule has 0 aliphatic carbocycles. The Kier molecular flexibility index (Phi) is 5.44. The predicted molar refractivity (Wildman–Crippen MR) is 96.6 cm³/mol. The number of ether oxygens (including phenoxy) is 1. The molecule has 0 saturated carbocycles. The largest absolute Gasteiger partial charge is 0.497 e. The van der Waals surface area contributed by atoms with Crippen molar-refractivity contribution < 1.29 is 23.8 Å². The molecule has 0 spiro atoms. The highest BCUT2D eigenvalue weighted by molar-refractivity contribution is 7.64. The number of nitrogens with one attached hydrogen (secondary N) is 1. The summed E-state index contributed by atoms with van der Waals surface area (Å²) in [5, 5.41) is 9.61. The molecule has 0 aromatic heterocycles. The van der Waals surface area contributed by atoms with Crippen LogP contribution in [0.3, 0.4) is 0 Å². The number of carbonyl (C=O) groups excluding carboxylic acids is 1. The van der Waals surface area contributed by atoms with E-state index in [-0.39, 0.29) is 6.54 Å². The molecule has 2 atom stereocenters. The van der Waals surface area contributed by atoms with E-state index in [0.717, 1.165) is 11.1 Å². The minimum atomic E-state index is -3.53. The van der Waals surface area contributed by atoms with Gasteiger partial charge in [0.15, 0.2) is 0 Å². The topological polar surface area (TPSA) is 88.1 Å². The van der Waals surface area contributed by atoms with Gasteiger partial charge in [0.05, 0.1) is 12.4 Å². The highest BCUT2D eigenvalue weighted by Gasteiger charge is 2.43. The number of carbonyl (C=O) groups is 1. The van der Waals surface area contributed by atoms with Gasteiger partial charge in [-0.15, -0.1) is 0 Å². The number of rotatable bonds is 5. The van der Waals surface area contributed by atoms with Gasteiger partial charge in [-0.05, 0) is 41.8 Å². The molecule has 1 aliphatic heterocycles. The smallest absolute Gasteiger partial charge is 0.303 e. The first-order chi connectivity index (χ1) is 12.5. The quantitative estimate of drug-likeness (QED) is 0.472. The van der Waals surface area contributed by atoms with Crippen LogP contribution in [0.15, 0.2) is 48.5 Å². The Bertz CT molecular complexity index is 840. The van der Waals surface area contributed by atoms with E-state index in [0.29, 0.717) is 17.5 Å². The van der Waals surface area contributed by atoms with Crippen molar-refractivity contribution in [3.05, 3.63) is 59.7 Å². The normalized spacial score (nSPS) is 19.3. The maximum absolute atomic E-state index is 13.8. The van der Waals surface area contributed by atoms with Crippen molar-refractivity contribution in [2.45, 2.75) is 19.0 Å². The summed E-state index contributed by atoms with van der Waals surface area (Å²) in [5.74, 6) is 0.00957. The minimum Gasteiger partial charge on any atom is -0.497 e. The van der Waals surface area contributed by atoms with Crippen molar-refractivity contribution in [3.63, 3.8) is 0 Å². The molecule has 2 N–H and O–H groups in total. The third kappa shape index (κ3) is 3.27. The zero-order valence-corrected chi connectivity index (χ0v) is 15.5. The first-order valence-corrected chi connectivity index (χ1v) is 9.69. The molecule has 1 amide bonds. The summed E-state index contributed by atoms with van der Waals surface area (Å²) >= 11 is 0. The summed E-state index contributed by atoms with van der Waals surface area (Å²) in [5.41, 5.74) is 3.64. The van der Waals surface area contributed by atoms with Gasteiger partial charge in [-0.2, -0.15) is 0 Å². The summed E-state index contributed by atoms with van der Waals surface area (Å²) in [6.45, 7) is 0.269. The molecule has 138 valence electrons. The van der Waals surface area contributed by atoms with E-state index in [1.54, 1.807) is 36.9 Å². The van der Waals surface area contributed by atoms with E-state index in [4.69, 9.17) is 14.5 Å². The number of benzene rings is 2. The van der Waals surface area contributed by atoms with Gasteiger partial charge in [0.1, 0.15) is 11.8 Å². The Labute approximate surface area is 152 Å². The lowest BCUT2D eigenvalue weighted by molar-refractivity contribution is -0.133. The van der Waals surface area contributed by atoms with Crippen LogP contribution >= 0.6 is 7.52 Å². The average Bonchev–Trinajstić information content (AvgIpc) is 2.71. The highest BCUT2D eigenvalue weighted by Crippen LogP contribution is 2.53. The molecule has 26 heavy (non-hydrogen) atoms. The van der Waals surface area contributed by atoms with Crippen LogP contribution in [0.25, 0.3) is 0 Å². The van der Waals surface area contributed by atoms with E-state index >= 15 is 0 Å². The number of hydroxylamine groups is 1. The lowest BCUT2D eigenvalue weighted by Crippen LogP contribution is -2.49. The zero-order chi connectivity index (χ0) is 18.7. The summed E-state index contributed by atoms with van der Waals surface area (Å²) < 4.78 is 25.9. The third-order valence-electron chi connectivity index (χ3n) is 4.62. The first kappa shape index (κ1) is 18.6. The van der Waals surface area contributed by atoms with E-state index in [1.807, 2.05) is 24.3 Å². The van der Waals surface area contributed by atoms with E-state index in [9.17, 15) is 9.36 Å². The van der Waals surface area contributed by atoms with E-state index in [1.165, 1.54) is 11.8 Å². The molecule has 8 heteroatoms. The molecule has 1 heterocycles. The van der Waals surface area contributed by atoms with Crippen molar-refractivity contribution in [2.24, 2.45) is 0 Å². The highest BCUT2D eigenvalue weighted by atomic mass is 31.2. The fourth-order valence-electron chi connectivity index (χ4n) is 3.22. The lowest BCUT2D eigenvalue weighted by Gasteiger charge is -2.39. The van der Waals surface area contributed by atoms with Crippen LogP contribution in [-0.4, -0.2) is 36.0 Å². The monoisotopic (exact) mass is 376 g/mol. The first-order valence-electron chi connectivity index (χ1n) is 8.11. The Balaban J connectivity index is 2.06. The van der Waals surface area contributed by atoms with Crippen molar-refractivity contribution >= 4 is 18.7 Å². The fraction of sp³-hybridized carbons (Fsp3) is 0.278. The molecule has 3 rings (SSSR count). The minimum absolute atomic E-state index is 0.269. The average molecular weight is 376 g/mol. The summed E-state index contributed by atoms with van der Waals surface area (Å²) in [4.78, 5) is 12.3. The number of hydrogen-bond donors (Lipinski definition) is 2. The zero-order valence-electron chi connectivity index (χ0n) is 14.6. The fourth-order valence-corrected chi connectivity index (χ4v) is 5.35. The van der Waals surface area contributed by atoms with Crippen molar-refractivity contribution in [1.29, 1.82) is 0 Å².